The minimum absolute atomic E-state index is 0.623. The van der Waals surface area contributed by atoms with E-state index in [0.717, 1.165) is 11.5 Å². The molecule has 0 N–H and O–H groups in total. The quantitative estimate of drug-likeness (QED) is 0.645. The molecule has 1 nitrogen and oxygen atoms in total. The molecule has 1 aliphatic carbocycles. The van der Waals surface area contributed by atoms with Gasteiger partial charge in [-0.3, -0.25) is 0 Å². The molecule has 0 atom stereocenters. The molecule has 19 heavy (non-hydrogen) atoms. The Labute approximate surface area is 117 Å². The first-order chi connectivity index (χ1) is 9.35. The van der Waals surface area contributed by atoms with E-state index in [1.54, 1.807) is 0 Å². The molecule has 1 heteroatoms. The highest BCUT2D eigenvalue weighted by atomic mass is 14.3. The molecule has 0 radical (unpaired) electrons. The van der Waals surface area contributed by atoms with Gasteiger partial charge in [-0.25, -0.2) is 0 Å². The third-order valence-corrected chi connectivity index (χ3v) is 4.58. The minimum Gasteiger partial charge on any atom is -0.192 e. The van der Waals surface area contributed by atoms with Gasteiger partial charge in [0.1, 0.15) is 0 Å². The van der Waals surface area contributed by atoms with Crippen LogP contribution in [0.25, 0.3) is 0 Å². The van der Waals surface area contributed by atoms with Crippen LogP contribution in [0.15, 0.2) is 24.3 Å². The van der Waals surface area contributed by atoms with Crippen LogP contribution < -0.4 is 0 Å². The summed E-state index contributed by atoms with van der Waals surface area (Å²) < 4.78 is 0. The summed E-state index contributed by atoms with van der Waals surface area (Å²) in [5, 5.41) is 9.19. The molecule has 2 rings (SSSR count). The first-order valence-corrected chi connectivity index (χ1v) is 7.84. The zero-order valence-corrected chi connectivity index (χ0v) is 12.1. The fourth-order valence-electron chi connectivity index (χ4n) is 3.40. The number of unbranched alkanes of at least 4 members (excludes halogenated alkanes) is 2. The molecule has 102 valence electrons. The van der Waals surface area contributed by atoms with E-state index >= 15 is 0 Å². The Morgan fingerprint density at radius 2 is 1.84 bits per heavy atom. The summed E-state index contributed by atoms with van der Waals surface area (Å²) in [5.74, 6) is 1.57. The second-order valence-electron chi connectivity index (χ2n) is 5.91. The van der Waals surface area contributed by atoms with E-state index in [9.17, 15) is 5.26 Å². The SMILES string of the molecule is CCCCC[C@H]1CC[C@H](c2ccccc2C#N)CC1. The molecule has 0 heterocycles. The lowest BCUT2D eigenvalue weighted by Crippen LogP contribution is -2.14. The average molecular weight is 255 g/mol. The Bertz CT molecular complexity index is 422. The predicted octanol–water partition coefficient (Wildman–Crippen LogP) is 5.41. The van der Waals surface area contributed by atoms with E-state index in [2.05, 4.69) is 25.1 Å². The van der Waals surface area contributed by atoms with Crippen molar-refractivity contribution in [3.05, 3.63) is 35.4 Å². The third kappa shape index (κ3) is 3.83. The van der Waals surface area contributed by atoms with Gasteiger partial charge in [0, 0.05) is 0 Å². The Hall–Kier alpha value is -1.29. The topological polar surface area (TPSA) is 23.8 Å². The Morgan fingerprint density at radius 3 is 2.53 bits per heavy atom. The van der Waals surface area contributed by atoms with Crippen molar-refractivity contribution < 1.29 is 0 Å². The standard InChI is InChI=1S/C18H25N/c1-2-3-4-7-15-10-12-16(13-11-15)18-9-6-5-8-17(18)14-19/h5-6,8-9,15-16H,2-4,7,10-13H2,1H3/t15-,16-. The van der Waals surface area contributed by atoms with E-state index in [-0.39, 0.29) is 0 Å². The Balaban J connectivity index is 1.88. The summed E-state index contributed by atoms with van der Waals surface area (Å²) in [6.45, 7) is 2.27. The van der Waals surface area contributed by atoms with Crippen LogP contribution in [0.5, 0.6) is 0 Å². The van der Waals surface area contributed by atoms with Crippen molar-refractivity contribution in [1.29, 1.82) is 5.26 Å². The number of nitrogens with zero attached hydrogens (tertiary/aromatic N) is 1. The highest BCUT2D eigenvalue weighted by molar-refractivity contribution is 5.39. The Morgan fingerprint density at radius 1 is 1.11 bits per heavy atom. The molecule has 1 saturated carbocycles. The van der Waals surface area contributed by atoms with Gasteiger partial charge in [0.15, 0.2) is 0 Å². The summed E-state index contributed by atoms with van der Waals surface area (Å²) in [7, 11) is 0. The van der Waals surface area contributed by atoms with Gasteiger partial charge in [-0.15, -0.1) is 0 Å². The maximum Gasteiger partial charge on any atom is 0.0994 e. The summed E-state index contributed by atoms with van der Waals surface area (Å²) in [6.07, 6.45) is 10.8. The van der Waals surface area contributed by atoms with Crippen molar-refractivity contribution in [2.75, 3.05) is 0 Å². The molecule has 0 unspecified atom stereocenters. The van der Waals surface area contributed by atoms with Crippen molar-refractivity contribution in [3.8, 4) is 6.07 Å². The van der Waals surface area contributed by atoms with Crippen LogP contribution in [0.2, 0.25) is 0 Å². The third-order valence-electron chi connectivity index (χ3n) is 4.58. The van der Waals surface area contributed by atoms with Crippen molar-refractivity contribution >= 4 is 0 Å². The lowest BCUT2D eigenvalue weighted by molar-refractivity contribution is 0.302. The second-order valence-corrected chi connectivity index (χ2v) is 5.91. The lowest BCUT2D eigenvalue weighted by Gasteiger charge is -2.29. The molecule has 1 aliphatic rings. The maximum absolute atomic E-state index is 9.19. The van der Waals surface area contributed by atoms with E-state index in [0.29, 0.717) is 5.92 Å². The maximum atomic E-state index is 9.19. The first kappa shape index (κ1) is 14.1. The van der Waals surface area contributed by atoms with Crippen molar-refractivity contribution in [2.45, 2.75) is 64.2 Å². The Kier molecular flexibility index (Phi) is 5.45. The first-order valence-electron chi connectivity index (χ1n) is 7.84. The molecule has 0 amide bonds. The fraction of sp³-hybridized carbons (Fsp3) is 0.611. The van der Waals surface area contributed by atoms with Crippen LogP contribution in [0, 0.1) is 17.2 Å². The fourth-order valence-corrected chi connectivity index (χ4v) is 3.40. The van der Waals surface area contributed by atoms with Crippen LogP contribution in [0.1, 0.15) is 75.3 Å². The molecule has 0 bridgehead atoms. The van der Waals surface area contributed by atoms with Gasteiger partial charge in [-0.05, 0) is 49.1 Å². The van der Waals surface area contributed by atoms with Gasteiger partial charge >= 0.3 is 0 Å². The zero-order valence-electron chi connectivity index (χ0n) is 12.1. The summed E-state index contributed by atoms with van der Waals surface area (Å²) in [5.41, 5.74) is 2.17. The number of hydrogen-bond donors (Lipinski definition) is 0. The molecule has 0 aromatic heterocycles. The number of nitriles is 1. The highest BCUT2D eigenvalue weighted by Gasteiger charge is 2.23. The highest BCUT2D eigenvalue weighted by Crippen LogP contribution is 2.38. The van der Waals surface area contributed by atoms with Crippen molar-refractivity contribution in [1.82, 2.24) is 0 Å². The van der Waals surface area contributed by atoms with E-state index in [1.165, 1.54) is 56.9 Å². The second kappa shape index (κ2) is 7.34. The normalized spacial score (nSPS) is 22.9. The number of hydrogen-bond acceptors (Lipinski definition) is 1. The summed E-state index contributed by atoms with van der Waals surface area (Å²) in [6, 6.07) is 10.5. The van der Waals surface area contributed by atoms with Crippen molar-refractivity contribution in [3.63, 3.8) is 0 Å². The van der Waals surface area contributed by atoms with E-state index < -0.39 is 0 Å². The zero-order chi connectivity index (χ0) is 13.5. The van der Waals surface area contributed by atoms with Crippen LogP contribution in [0.4, 0.5) is 0 Å². The van der Waals surface area contributed by atoms with E-state index in [1.807, 2.05) is 12.1 Å². The summed E-state index contributed by atoms with van der Waals surface area (Å²) in [4.78, 5) is 0. The van der Waals surface area contributed by atoms with Gasteiger partial charge in [0.05, 0.1) is 11.6 Å². The lowest BCUT2D eigenvalue weighted by atomic mass is 9.76. The number of rotatable bonds is 5. The predicted molar refractivity (Wildman–Crippen MR) is 80.0 cm³/mol. The van der Waals surface area contributed by atoms with Crippen LogP contribution in [-0.2, 0) is 0 Å². The van der Waals surface area contributed by atoms with Gasteiger partial charge in [0.2, 0.25) is 0 Å². The molecular weight excluding hydrogens is 230 g/mol. The average Bonchev–Trinajstić information content (AvgIpc) is 2.48. The minimum atomic E-state index is 0.623. The van der Waals surface area contributed by atoms with Gasteiger partial charge in [0.25, 0.3) is 0 Å². The van der Waals surface area contributed by atoms with Gasteiger partial charge < -0.3 is 0 Å². The van der Waals surface area contributed by atoms with Gasteiger partial charge in [-0.2, -0.15) is 5.26 Å². The largest absolute Gasteiger partial charge is 0.192 e. The van der Waals surface area contributed by atoms with Gasteiger partial charge in [-0.1, -0.05) is 50.8 Å². The molecule has 0 aliphatic heterocycles. The number of benzene rings is 1. The van der Waals surface area contributed by atoms with Crippen molar-refractivity contribution in [2.24, 2.45) is 5.92 Å². The van der Waals surface area contributed by atoms with Crippen LogP contribution in [-0.4, -0.2) is 0 Å². The van der Waals surface area contributed by atoms with E-state index in [4.69, 9.17) is 0 Å². The molecule has 1 fully saturated rings. The molecular formula is C18H25N. The molecule has 1 aromatic carbocycles. The molecule has 1 aromatic rings. The van der Waals surface area contributed by atoms with Crippen LogP contribution in [0.3, 0.4) is 0 Å². The van der Waals surface area contributed by atoms with Crippen LogP contribution >= 0.6 is 0 Å². The smallest absolute Gasteiger partial charge is 0.0994 e. The molecule has 0 saturated heterocycles. The molecule has 0 spiro atoms. The monoisotopic (exact) mass is 255 g/mol. The summed E-state index contributed by atoms with van der Waals surface area (Å²) >= 11 is 0.